The van der Waals surface area contributed by atoms with E-state index in [4.69, 9.17) is 11.6 Å². The molecule has 1 N–H and O–H groups in total. The Kier molecular flexibility index (Phi) is 3.66. The van der Waals surface area contributed by atoms with Crippen LogP contribution < -0.4 is 5.32 Å². The number of rotatable bonds is 3. The maximum atomic E-state index is 6.17. The first-order valence-corrected chi connectivity index (χ1v) is 6.16. The third-order valence-corrected chi connectivity index (χ3v) is 3.78. The smallest absolute Gasteiger partial charge is 0.0438 e. The van der Waals surface area contributed by atoms with E-state index < -0.39 is 0 Å². The first kappa shape index (κ1) is 11.0. The Morgan fingerprint density at radius 1 is 1.40 bits per heavy atom. The molecule has 0 saturated carbocycles. The van der Waals surface area contributed by atoms with Crippen molar-refractivity contribution in [1.82, 2.24) is 5.32 Å². The predicted molar refractivity (Wildman–Crippen MR) is 65.3 cm³/mol. The molecule has 1 aliphatic heterocycles. The minimum atomic E-state index is 0.620. The van der Waals surface area contributed by atoms with Crippen molar-refractivity contribution in [2.24, 2.45) is 5.92 Å². The van der Waals surface area contributed by atoms with Crippen molar-refractivity contribution in [3.05, 3.63) is 34.9 Å². The molecule has 0 bridgehead atoms. The molecule has 1 aliphatic rings. The van der Waals surface area contributed by atoms with Gasteiger partial charge in [-0.05, 0) is 36.9 Å². The topological polar surface area (TPSA) is 12.0 Å². The van der Waals surface area contributed by atoms with Crippen molar-refractivity contribution in [3.8, 4) is 0 Å². The van der Waals surface area contributed by atoms with Crippen molar-refractivity contribution < 1.29 is 0 Å². The summed E-state index contributed by atoms with van der Waals surface area (Å²) in [6.45, 7) is 3.44. The molecular formula is C13H18ClN. The van der Waals surface area contributed by atoms with Crippen molar-refractivity contribution in [2.75, 3.05) is 6.54 Å². The Morgan fingerprint density at radius 3 is 2.93 bits per heavy atom. The average Bonchev–Trinajstić information content (AvgIpc) is 2.69. The second kappa shape index (κ2) is 5.00. The SMILES string of the molecule is CCC1CCNC1Cc1ccccc1Cl. The van der Waals surface area contributed by atoms with Crippen molar-refractivity contribution in [1.29, 1.82) is 0 Å². The van der Waals surface area contributed by atoms with Crippen LogP contribution in [0.4, 0.5) is 0 Å². The minimum absolute atomic E-state index is 0.620. The van der Waals surface area contributed by atoms with Gasteiger partial charge in [0, 0.05) is 11.1 Å². The molecule has 1 fully saturated rings. The summed E-state index contributed by atoms with van der Waals surface area (Å²) in [5, 5.41) is 4.48. The van der Waals surface area contributed by atoms with Crippen LogP contribution in [0, 0.1) is 5.92 Å². The average molecular weight is 224 g/mol. The monoisotopic (exact) mass is 223 g/mol. The standard InChI is InChI=1S/C13H18ClN/c1-2-10-7-8-15-13(10)9-11-5-3-4-6-12(11)14/h3-6,10,13,15H,2,7-9H2,1H3. The number of benzene rings is 1. The van der Waals surface area contributed by atoms with Gasteiger partial charge in [0.25, 0.3) is 0 Å². The van der Waals surface area contributed by atoms with Crippen LogP contribution in [0.25, 0.3) is 0 Å². The van der Waals surface area contributed by atoms with Crippen LogP contribution in [0.2, 0.25) is 5.02 Å². The zero-order valence-electron chi connectivity index (χ0n) is 9.17. The van der Waals surface area contributed by atoms with Gasteiger partial charge in [-0.2, -0.15) is 0 Å². The number of hydrogen-bond acceptors (Lipinski definition) is 1. The van der Waals surface area contributed by atoms with Gasteiger partial charge < -0.3 is 5.32 Å². The summed E-state index contributed by atoms with van der Waals surface area (Å²) in [5.41, 5.74) is 1.28. The van der Waals surface area contributed by atoms with Gasteiger partial charge in [-0.25, -0.2) is 0 Å². The molecular weight excluding hydrogens is 206 g/mol. The molecule has 2 atom stereocenters. The molecule has 82 valence electrons. The lowest BCUT2D eigenvalue weighted by Gasteiger charge is -2.18. The summed E-state index contributed by atoms with van der Waals surface area (Å²) in [6.07, 6.45) is 3.64. The zero-order valence-corrected chi connectivity index (χ0v) is 9.93. The van der Waals surface area contributed by atoms with Gasteiger partial charge in [0.2, 0.25) is 0 Å². The second-order valence-corrected chi connectivity index (χ2v) is 4.72. The molecule has 2 heteroatoms. The van der Waals surface area contributed by atoms with Crippen molar-refractivity contribution >= 4 is 11.6 Å². The largest absolute Gasteiger partial charge is 0.313 e. The molecule has 1 aromatic rings. The van der Waals surface area contributed by atoms with E-state index in [1.807, 2.05) is 12.1 Å². The molecule has 1 saturated heterocycles. The molecule has 1 aromatic carbocycles. The van der Waals surface area contributed by atoms with Gasteiger partial charge >= 0.3 is 0 Å². The van der Waals surface area contributed by atoms with Crippen LogP contribution in [0.15, 0.2) is 24.3 Å². The summed E-state index contributed by atoms with van der Waals surface area (Å²) < 4.78 is 0. The third kappa shape index (κ3) is 2.53. The van der Waals surface area contributed by atoms with E-state index in [0.717, 1.165) is 23.9 Å². The van der Waals surface area contributed by atoms with Gasteiger partial charge in [-0.1, -0.05) is 43.1 Å². The second-order valence-electron chi connectivity index (χ2n) is 4.31. The molecule has 1 nitrogen and oxygen atoms in total. The molecule has 0 spiro atoms. The van der Waals surface area contributed by atoms with Crippen LogP contribution in [0.3, 0.4) is 0 Å². The molecule has 1 heterocycles. The Hall–Kier alpha value is -0.530. The van der Waals surface area contributed by atoms with E-state index in [2.05, 4.69) is 24.4 Å². The highest BCUT2D eigenvalue weighted by Gasteiger charge is 2.25. The molecule has 0 aliphatic carbocycles. The highest BCUT2D eigenvalue weighted by molar-refractivity contribution is 6.31. The first-order valence-electron chi connectivity index (χ1n) is 5.78. The highest BCUT2D eigenvalue weighted by atomic mass is 35.5. The quantitative estimate of drug-likeness (QED) is 0.830. The fourth-order valence-corrected chi connectivity index (χ4v) is 2.66. The number of hydrogen-bond donors (Lipinski definition) is 1. The lowest BCUT2D eigenvalue weighted by molar-refractivity contribution is 0.433. The fraction of sp³-hybridized carbons (Fsp3) is 0.538. The molecule has 0 radical (unpaired) electrons. The number of halogens is 1. The maximum absolute atomic E-state index is 6.17. The van der Waals surface area contributed by atoms with Gasteiger partial charge in [0.05, 0.1) is 0 Å². The van der Waals surface area contributed by atoms with E-state index in [1.165, 1.54) is 18.4 Å². The third-order valence-electron chi connectivity index (χ3n) is 3.41. The Balaban J connectivity index is 2.05. The van der Waals surface area contributed by atoms with Crippen LogP contribution >= 0.6 is 11.6 Å². The normalized spacial score (nSPS) is 25.7. The van der Waals surface area contributed by atoms with E-state index >= 15 is 0 Å². The summed E-state index contributed by atoms with van der Waals surface area (Å²) in [4.78, 5) is 0. The van der Waals surface area contributed by atoms with E-state index in [0.29, 0.717) is 6.04 Å². The van der Waals surface area contributed by atoms with E-state index in [1.54, 1.807) is 0 Å². The summed E-state index contributed by atoms with van der Waals surface area (Å²) in [5.74, 6) is 0.821. The summed E-state index contributed by atoms with van der Waals surface area (Å²) in [6, 6.07) is 8.79. The zero-order chi connectivity index (χ0) is 10.7. The number of nitrogens with one attached hydrogen (secondary N) is 1. The lowest BCUT2D eigenvalue weighted by atomic mass is 9.93. The van der Waals surface area contributed by atoms with E-state index in [-0.39, 0.29) is 0 Å². The molecule has 0 amide bonds. The Morgan fingerprint density at radius 2 is 2.20 bits per heavy atom. The predicted octanol–water partition coefficient (Wildman–Crippen LogP) is 3.27. The van der Waals surface area contributed by atoms with Gasteiger partial charge in [0.1, 0.15) is 0 Å². The maximum Gasteiger partial charge on any atom is 0.0438 e. The molecule has 15 heavy (non-hydrogen) atoms. The molecule has 0 aromatic heterocycles. The van der Waals surface area contributed by atoms with Crippen LogP contribution in [-0.2, 0) is 6.42 Å². The van der Waals surface area contributed by atoms with Crippen LogP contribution in [-0.4, -0.2) is 12.6 Å². The van der Waals surface area contributed by atoms with Crippen molar-refractivity contribution in [2.45, 2.75) is 32.2 Å². The summed E-state index contributed by atoms with van der Waals surface area (Å²) >= 11 is 6.17. The minimum Gasteiger partial charge on any atom is -0.313 e. The molecule has 2 rings (SSSR count). The Labute approximate surface area is 96.8 Å². The lowest BCUT2D eigenvalue weighted by Crippen LogP contribution is -2.29. The van der Waals surface area contributed by atoms with Gasteiger partial charge in [0.15, 0.2) is 0 Å². The van der Waals surface area contributed by atoms with Gasteiger partial charge in [-0.15, -0.1) is 0 Å². The Bertz CT molecular complexity index is 324. The van der Waals surface area contributed by atoms with Crippen LogP contribution in [0.5, 0.6) is 0 Å². The van der Waals surface area contributed by atoms with Crippen LogP contribution in [0.1, 0.15) is 25.3 Å². The fourth-order valence-electron chi connectivity index (χ4n) is 2.45. The first-order chi connectivity index (χ1) is 7.31. The van der Waals surface area contributed by atoms with Crippen molar-refractivity contribution in [3.63, 3.8) is 0 Å². The van der Waals surface area contributed by atoms with E-state index in [9.17, 15) is 0 Å². The van der Waals surface area contributed by atoms with Gasteiger partial charge in [-0.3, -0.25) is 0 Å². The molecule has 2 unspecified atom stereocenters. The highest BCUT2D eigenvalue weighted by Crippen LogP contribution is 2.25. The summed E-state index contributed by atoms with van der Waals surface area (Å²) in [7, 11) is 0.